The number of aliphatic hydroxyl groups excluding tert-OH is 1. The van der Waals surface area contributed by atoms with Crippen LogP contribution in [-0.4, -0.2) is 29.0 Å². The Morgan fingerprint density at radius 1 is 1.41 bits per heavy atom. The number of aromatic amines is 1. The van der Waals surface area contributed by atoms with Crippen molar-refractivity contribution in [1.29, 1.82) is 0 Å². The van der Waals surface area contributed by atoms with Crippen LogP contribution in [0.1, 0.15) is 11.7 Å². The molecule has 1 unspecified atom stereocenters. The zero-order valence-electron chi connectivity index (χ0n) is 9.35. The molecule has 2 N–H and O–H groups in total. The maximum absolute atomic E-state index is 12.8. The molecule has 0 fully saturated rings. The normalized spacial score (nSPS) is 12.6. The van der Waals surface area contributed by atoms with Crippen molar-refractivity contribution in [2.45, 2.75) is 6.10 Å². The van der Waals surface area contributed by atoms with E-state index in [0.717, 1.165) is 5.56 Å². The molecule has 0 saturated carbocycles. The van der Waals surface area contributed by atoms with E-state index in [0.29, 0.717) is 11.3 Å². The molecule has 1 aromatic carbocycles. The molecule has 0 aliphatic carbocycles. The van der Waals surface area contributed by atoms with E-state index in [1.165, 1.54) is 19.2 Å². The molecular weight excluding hydrogens is 223 g/mol. The molecule has 5 heteroatoms. The average Bonchev–Trinajstić information content (AvgIpc) is 2.79. The number of ether oxygens (including phenoxy) is 1. The Labute approximate surface area is 98.1 Å². The number of nitrogens with zero attached hydrogens (tertiary/aromatic N) is 1. The highest BCUT2D eigenvalue weighted by Crippen LogP contribution is 2.26. The molecule has 1 atom stereocenters. The van der Waals surface area contributed by atoms with Crippen LogP contribution in [-0.2, 0) is 4.74 Å². The SMILES string of the molecule is COCC(O)c1cn[nH]c1-c1ccc(F)cc1. The average molecular weight is 236 g/mol. The number of halogens is 1. The van der Waals surface area contributed by atoms with Crippen molar-refractivity contribution in [3.63, 3.8) is 0 Å². The predicted molar refractivity (Wildman–Crippen MR) is 60.8 cm³/mol. The van der Waals surface area contributed by atoms with E-state index in [4.69, 9.17) is 4.74 Å². The van der Waals surface area contributed by atoms with Crippen LogP contribution in [0.5, 0.6) is 0 Å². The second kappa shape index (κ2) is 5.07. The first-order valence-electron chi connectivity index (χ1n) is 5.18. The highest BCUT2D eigenvalue weighted by atomic mass is 19.1. The van der Waals surface area contributed by atoms with E-state index < -0.39 is 6.10 Å². The summed E-state index contributed by atoms with van der Waals surface area (Å²) in [6.07, 6.45) is 0.793. The fourth-order valence-corrected chi connectivity index (χ4v) is 1.64. The maximum atomic E-state index is 12.8. The number of nitrogens with one attached hydrogen (secondary N) is 1. The number of aromatic nitrogens is 2. The Morgan fingerprint density at radius 3 is 2.76 bits per heavy atom. The van der Waals surface area contributed by atoms with Gasteiger partial charge < -0.3 is 9.84 Å². The molecule has 2 aromatic rings. The summed E-state index contributed by atoms with van der Waals surface area (Å²) in [6, 6.07) is 5.99. The Hall–Kier alpha value is -1.72. The van der Waals surface area contributed by atoms with E-state index in [2.05, 4.69) is 10.2 Å². The van der Waals surface area contributed by atoms with E-state index in [1.807, 2.05) is 0 Å². The van der Waals surface area contributed by atoms with Crippen LogP contribution in [0, 0.1) is 5.82 Å². The summed E-state index contributed by atoms with van der Waals surface area (Å²) >= 11 is 0. The minimum absolute atomic E-state index is 0.188. The van der Waals surface area contributed by atoms with Gasteiger partial charge in [0.1, 0.15) is 11.9 Å². The van der Waals surface area contributed by atoms with Gasteiger partial charge in [0.25, 0.3) is 0 Å². The van der Waals surface area contributed by atoms with Crippen LogP contribution < -0.4 is 0 Å². The summed E-state index contributed by atoms with van der Waals surface area (Å²) < 4.78 is 17.7. The first-order valence-corrected chi connectivity index (χ1v) is 5.18. The Kier molecular flexibility index (Phi) is 3.51. The number of aliphatic hydroxyl groups is 1. The summed E-state index contributed by atoms with van der Waals surface area (Å²) in [5.74, 6) is -0.299. The van der Waals surface area contributed by atoms with Gasteiger partial charge in [-0.3, -0.25) is 5.10 Å². The summed E-state index contributed by atoms with van der Waals surface area (Å²) in [4.78, 5) is 0. The van der Waals surface area contributed by atoms with Gasteiger partial charge in [0.05, 0.1) is 18.5 Å². The minimum Gasteiger partial charge on any atom is -0.386 e. The van der Waals surface area contributed by atoms with Crippen LogP contribution in [0.4, 0.5) is 4.39 Å². The number of rotatable bonds is 4. The molecular formula is C12H13FN2O2. The summed E-state index contributed by atoms with van der Waals surface area (Å²) in [7, 11) is 1.51. The van der Waals surface area contributed by atoms with Crippen molar-refractivity contribution in [2.75, 3.05) is 13.7 Å². The summed E-state index contributed by atoms with van der Waals surface area (Å²) in [5, 5.41) is 16.5. The van der Waals surface area contributed by atoms with Crippen LogP contribution in [0.15, 0.2) is 30.5 Å². The molecule has 1 heterocycles. The lowest BCUT2D eigenvalue weighted by atomic mass is 10.0. The minimum atomic E-state index is -0.751. The zero-order valence-corrected chi connectivity index (χ0v) is 9.35. The number of benzene rings is 1. The van der Waals surface area contributed by atoms with Gasteiger partial charge in [-0.1, -0.05) is 0 Å². The molecule has 17 heavy (non-hydrogen) atoms. The third kappa shape index (κ3) is 2.51. The van der Waals surface area contributed by atoms with Crippen LogP contribution in [0.3, 0.4) is 0 Å². The molecule has 1 aromatic heterocycles. The molecule has 0 aliphatic heterocycles. The number of H-pyrrole nitrogens is 1. The van der Waals surface area contributed by atoms with Gasteiger partial charge in [0.2, 0.25) is 0 Å². The number of hydrogen-bond acceptors (Lipinski definition) is 3. The summed E-state index contributed by atoms with van der Waals surface area (Å²) in [6.45, 7) is 0.188. The van der Waals surface area contributed by atoms with E-state index in [-0.39, 0.29) is 12.4 Å². The molecule has 0 aliphatic rings. The van der Waals surface area contributed by atoms with Crippen LogP contribution >= 0.6 is 0 Å². The van der Waals surface area contributed by atoms with Crippen molar-refractivity contribution >= 4 is 0 Å². The number of methoxy groups -OCH3 is 1. The molecule has 2 rings (SSSR count). The Morgan fingerprint density at radius 2 is 2.12 bits per heavy atom. The zero-order chi connectivity index (χ0) is 12.3. The molecule has 0 saturated heterocycles. The van der Waals surface area contributed by atoms with Crippen LogP contribution in [0.25, 0.3) is 11.3 Å². The van der Waals surface area contributed by atoms with Crippen molar-refractivity contribution in [2.24, 2.45) is 0 Å². The number of hydrogen-bond donors (Lipinski definition) is 2. The lowest BCUT2D eigenvalue weighted by Gasteiger charge is -2.09. The molecule has 0 radical (unpaired) electrons. The molecule has 90 valence electrons. The smallest absolute Gasteiger partial charge is 0.123 e. The predicted octanol–water partition coefficient (Wildman–Crippen LogP) is 1.90. The van der Waals surface area contributed by atoms with Crippen LogP contribution in [0.2, 0.25) is 0 Å². The summed E-state index contributed by atoms with van der Waals surface area (Å²) in [5.41, 5.74) is 2.09. The molecule has 0 amide bonds. The van der Waals surface area contributed by atoms with E-state index in [9.17, 15) is 9.50 Å². The largest absolute Gasteiger partial charge is 0.386 e. The van der Waals surface area contributed by atoms with Crippen molar-refractivity contribution in [1.82, 2.24) is 10.2 Å². The highest BCUT2D eigenvalue weighted by molar-refractivity contribution is 5.62. The van der Waals surface area contributed by atoms with E-state index in [1.54, 1.807) is 18.3 Å². The van der Waals surface area contributed by atoms with Gasteiger partial charge in [0, 0.05) is 18.2 Å². The lowest BCUT2D eigenvalue weighted by Crippen LogP contribution is -2.05. The van der Waals surface area contributed by atoms with Gasteiger partial charge >= 0.3 is 0 Å². The quantitative estimate of drug-likeness (QED) is 0.852. The van der Waals surface area contributed by atoms with Gasteiger partial charge in [-0.15, -0.1) is 0 Å². The second-order valence-electron chi connectivity index (χ2n) is 3.68. The topological polar surface area (TPSA) is 58.1 Å². The Balaban J connectivity index is 2.33. The highest BCUT2D eigenvalue weighted by Gasteiger charge is 2.15. The maximum Gasteiger partial charge on any atom is 0.123 e. The Bertz CT molecular complexity index is 482. The molecule has 4 nitrogen and oxygen atoms in total. The third-order valence-corrected chi connectivity index (χ3v) is 2.49. The monoisotopic (exact) mass is 236 g/mol. The van der Waals surface area contributed by atoms with Crippen molar-refractivity contribution < 1.29 is 14.2 Å². The fourth-order valence-electron chi connectivity index (χ4n) is 1.64. The van der Waals surface area contributed by atoms with Gasteiger partial charge in [-0.25, -0.2) is 4.39 Å². The van der Waals surface area contributed by atoms with Gasteiger partial charge in [-0.2, -0.15) is 5.10 Å². The standard InChI is InChI=1S/C12H13FN2O2/c1-17-7-11(16)10-6-14-15-12(10)8-2-4-9(13)5-3-8/h2-6,11,16H,7H2,1H3,(H,14,15). The fraction of sp³-hybridized carbons (Fsp3) is 0.250. The van der Waals surface area contributed by atoms with Crippen molar-refractivity contribution in [3.05, 3.63) is 41.8 Å². The first-order chi connectivity index (χ1) is 8.22. The van der Waals surface area contributed by atoms with Gasteiger partial charge in [-0.05, 0) is 24.3 Å². The molecule has 0 spiro atoms. The first kappa shape index (κ1) is 11.8. The van der Waals surface area contributed by atoms with Crippen molar-refractivity contribution in [3.8, 4) is 11.3 Å². The molecule has 0 bridgehead atoms. The van der Waals surface area contributed by atoms with Gasteiger partial charge in [0.15, 0.2) is 0 Å². The van der Waals surface area contributed by atoms with E-state index >= 15 is 0 Å². The lowest BCUT2D eigenvalue weighted by molar-refractivity contribution is 0.0647. The second-order valence-corrected chi connectivity index (χ2v) is 3.68. The third-order valence-electron chi connectivity index (χ3n) is 2.49.